The standard InChI is InChI=1S/C79H133NO13/c1-3-5-7-9-11-13-15-17-19-21-23-25-27-29-31-33-34-35-37-39-41-43-45-47-49-51-53-55-57-59-61-63-71(84)80-67(66-90-78-76(89)74(87)77(70(65-82)92-78)93-79-75(88)73(86)72(85)69(64-81)91-79)68(83)62-60-58-56-54-52-50-48-46-44-42-40-38-36-32-30-28-26-24-22-20-18-16-14-12-10-8-6-4-2/h5,7,11,13,17,19,23,25,29,31,34-35,39,41,45,47,51-54,60,62,67-70,72-79,81-83,85-89H,3-4,6,8-10,12,14-16,18,20-22,24,26-28,30,32-33,36-38,40,42-44,46,48-50,55-59,61,63-66H2,1-2H3,(H,80,84)/b7-5-,13-11-,19-17-,25-23-,31-29-,35-34-,41-39-,47-45-,53-51-,54-52+,62-60+. The van der Waals surface area contributed by atoms with Gasteiger partial charge in [0.05, 0.1) is 32.0 Å². The van der Waals surface area contributed by atoms with E-state index in [9.17, 15) is 45.6 Å². The van der Waals surface area contributed by atoms with Crippen LogP contribution in [0.2, 0.25) is 0 Å². The summed E-state index contributed by atoms with van der Waals surface area (Å²) in [6, 6.07) is -0.962. The summed E-state index contributed by atoms with van der Waals surface area (Å²) in [6.07, 6.45) is 75.1. The number of nitrogens with one attached hydrogen (secondary N) is 1. The molecule has 0 spiro atoms. The first-order valence-corrected chi connectivity index (χ1v) is 36.9. The Morgan fingerprint density at radius 2 is 0.753 bits per heavy atom. The van der Waals surface area contributed by atoms with E-state index in [4.69, 9.17) is 18.9 Å². The van der Waals surface area contributed by atoms with E-state index in [-0.39, 0.29) is 18.9 Å². The topological polar surface area (TPSA) is 228 Å². The third-order valence-electron chi connectivity index (χ3n) is 17.1. The molecule has 9 N–H and O–H groups in total. The maximum atomic E-state index is 13.3. The van der Waals surface area contributed by atoms with Crippen molar-refractivity contribution in [1.82, 2.24) is 5.32 Å². The number of ether oxygens (including phenoxy) is 4. The zero-order valence-electron chi connectivity index (χ0n) is 57.9. The quantitative estimate of drug-likeness (QED) is 0.0204. The molecule has 14 nitrogen and oxygen atoms in total. The highest BCUT2D eigenvalue weighted by atomic mass is 16.7. The maximum Gasteiger partial charge on any atom is 0.220 e. The molecule has 93 heavy (non-hydrogen) atoms. The predicted octanol–water partition coefficient (Wildman–Crippen LogP) is 15.8. The highest BCUT2D eigenvalue weighted by Gasteiger charge is 2.51. The van der Waals surface area contributed by atoms with Crippen LogP contribution in [0.5, 0.6) is 0 Å². The Bertz CT molecular complexity index is 2070. The number of rotatable bonds is 59. The molecule has 2 fully saturated rings. The van der Waals surface area contributed by atoms with Gasteiger partial charge in [-0.2, -0.15) is 0 Å². The van der Waals surface area contributed by atoms with Crippen molar-refractivity contribution in [2.45, 2.75) is 338 Å². The zero-order valence-corrected chi connectivity index (χ0v) is 57.9. The van der Waals surface area contributed by atoms with Crippen LogP contribution >= 0.6 is 0 Å². The Labute approximate surface area is 564 Å². The van der Waals surface area contributed by atoms with Gasteiger partial charge in [0.1, 0.15) is 48.8 Å². The normalized spacial score (nSPS) is 23.4. The molecule has 0 bridgehead atoms. The summed E-state index contributed by atoms with van der Waals surface area (Å²) < 4.78 is 22.8. The molecular formula is C79H133NO13. The van der Waals surface area contributed by atoms with Gasteiger partial charge in [0.25, 0.3) is 0 Å². The van der Waals surface area contributed by atoms with Crippen molar-refractivity contribution in [3.63, 3.8) is 0 Å². The lowest BCUT2D eigenvalue weighted by Crippen LogP contribution is -2.65. The van der Waals surface area contributed by atoms with E-state index < -0.39 is 86.8 Å². The maximum absolute atomic E-state index is 13.3. The van der Waals surface area contributed by atoms with Crippen LogP contribution < -0.4 is 5.32 Å². The van der Waals surface area contributed by atoms with Crippen LogP contribution in [0.25, 0.3) is 0 Å². The summed E-state index contributed by atoms with van der Waals surface area (Å²) in [5.74, 6) is -0.284. The summed E-state index contributed by atoms with van der Waals surface area (Å²) in [4.78, 5) is 13.3. The number of amides is 1. The molecule has 532 valence electrons. The van der Waals surface area contributed by atoms with Gasteiger partial charge >= 0.3 is 0 Å². The first kappa shape index (κ1) is 85.2. The predicted molar refractivity (Wildman–Crippen MR) is 382 cm³/mol. The average Bonchev–Trinajstić information content (AvgIpc) is 0.851. The van der Waals surface area contributed by atoms with Gasteiger partial charge in [-0.15, -0.1) is 0 Å². The lowest BCUT2D eigenvalue weighted by molar-refractivity contribution is -0.359. The number of aliphatic hydroxyl groups excluding tert-OH is 8. The molecule has 14 heteroatoms. The number of unbranched alkanes of at least 4 members (excludes halogenated alkanes) is 26. The van der Waals surface area contributed by atoms with E-state index in [1.54, 1.807) is 6.08 Å². The number of hydrogen-bond acceptors (Lipinski definition) is 13. The molecular weight excluding hydrogens is 1170 g/mol. The summed E-state index contributed by atoms with van der Waals surface area (Å²) in [7, 11) is 0. The van der Waals surface area contributed by atoms with Gasteiger partial charge < -0.3 is 65.1 Å². The monoisotopic (exact) mass is 1300 g/mol. The van der Waals surface area contributed by atoms with Crippen LogP contribution in [-0.2, 0) is 23.7 Å². The molecule has 2 rings (SSSR count). The van der Waals surface area contributed by atoms with Crippen LogP contribution in [0, 0.1) is 0 Å². The SMILES string of the molecule is CC/C=C\C/C=C\C/C=C\C/C=C\C/C=C\C/C=C\C/C=C\C/C=C\C/C=C\CCCCCC(=O)NC(COC1OC(CO)C(OC2OC(CO)C(O)C(O)C2O)C(O)C1O)C(O)/C=C/CC/C=C/CCCCCCCCCCCCCCCCCCCCCCCC. The van der Waals surface area contributed by atoms with Crippen LogP contribution in [0.1, 0.15) is 264 Å². The van der Waals surface area contributed by atoms with E-state index in [1.165, 1.54) is 141 Å². The Morgan fingerprint density at radius 3 is 1.18 bits per heavy atom. The molecule has 0 aromatic carbocycles. The first-order valence-electron chi connectivity index (χ1n) is 36.9. The third-order valence-corrected chi connectivity index (χ3v) is 17.1. The summed E-state index contributed by atoms with van der Waals surface area (Å²) in [5.41, 5.74) is 0. The Balaban J connectivity index is 1.72. The van der Waals surface area contributed by atoms with E-state index in [2.05, 4.69) is 141 Å². The smallest absolute Gasteiger partial charge is 0.220 e. The molecule has 2 heterocycles. The van der Waals surface area contributed by atoms with Crippen molar-refractivity contribution in [3.8, 4) is 0 Å². The first-order chi connectivity index (χ1) is 45.6. The Morgan fingerprint density at radius 1 is 0.398 bits per heavy atom. The van der Waals surface area contributed by atoms with Gasteiger partial charge in [0.15, 0.2) is 12.6 Å². The van der Waals surface area contributed by atoms with Gasteiger partial charge in [0.2, 0.25) is 5.91 Å². The average molecular weight is 1300 g/mol. The summed E-state index contributed by atoms with van der Waals surface area (Å²) >= 11 is 0. The highest BCUT2D eigenvalue weighted by molar-refractivity contribution is 5.76. The molecule has 0 radical (unpaired) electrons. The number of carbonyl (C=O) groups is 1. The zero-order chi connectivity index (χ0) is 67.3. The fourth-order valence-corrected chi connectivity index (χ4v) is 11.2. The number of hydrogen-bond donors (Lipinski definition) is 9. The molecule has 2 aliphatic heterocycles. The van der Waals surface area contributed by atoms with Gasteiger partial charge in [0, 0.05) is 6.42 Å². The van der Waals surface area contributed by atoms with Crippen molar-refractivity contribution in [3.05, 3.63) is 134 Å². The molecule has 0 saturated carbocycles. The molecule has 2 saturated heterocycles. The third kappa shape index (κ3) is 45.3. The molecule has 0 aliphatic carbocycles. The van der Waals surface area contributed by atoms with Crippen molar-refractivity contribution >= 4 is 5.91 Å². The largest absolute Gasteiger partial charge is 0.394 e. The molecule has 1 amide bonds. The van der Waals surface area contributed by atoms with Crippen LogP contribution in [-0.4, -0.2) is 140 Å². The highest BCUT2D eigenvalue weighted by Crippen LogP contribution is 2.30. The number of carbonyl (C=O) groups excluding carboxylic acids is 1. The van der Waals surface area contributed by atoms with Crippen LogP contribution in [0.3, 0.4) is 0 Å². The van der Waals surface area contributed by atoms with Gasteiger partial charge in [-0.1, -0.05) is 289 Å². The minimum atomic E-state index is -1.80. The lowest BCUT2D eigenvalue weighted by atomic mass is 9.97. The van der Waals surface area contributed by atoms with E-state index >= 15 is 0 Å². The summed E-state index contributed by atoms with van der Waals surface area (Å²) in [6.45, 7) is 2.66. The van der Waals surface area contributed by atoms with Crippen molar-refractivity contribution < 1.29 is 64.6 Å². The second-order valence-electron chi connectivity index (χ2n) is 25.3. The lowest BCUT2D eigenvalue weighted by Gasteiger charge is -2.46. The van der Waals surface area contributed by atoms with Crippen molar-refractivity contribution in [2.75, 3.05) is 19.8 Å². The van der Waals surface area contributed by atoms with E-state index in [0.717, 1.165) is 89.9 Å². The van der Waals surface area contributed by atoms with Gasteiger partial charge in [-0.25, -0.2) is 0 Å². The van der Waals surface area contributed by atoms with Crippen LogP contribution in [0.4, 0.5) is 0 Å². The van der Waals surface area contributed by atoms with Gasteiger partial charge in [-0.3, -0.25) is 4.79 Å². The fourth-order valence-electron chi connectivity index (χ4n) is 11.2. The minimum absolute atomic E-state index is 0.224. The van der Waals surface area contributed by atoms with Crippen LogP contribution in [0.15, 0.2) is 134 Å². The fraction of sp³-hybridized carbons (Fsp3) is 0.709. The summed E-state index contributed by atoms with van der Waals surface area (Å²) in [5, 5.41) is 87.5. The van der Waals surface area contributed by atoms with Gasteiger partial charge in [-0.05, 0) is 103 Å². The Hall–Kier alpha value is -3.87. The number of allylic oxidation sites excluding steroid dienone is 21. The molecule has 0 aromatic heterocycles. The number of aliphatic hydroxyl groups is 8. The molecule has 12 unspecified atom stereocenters. The van der Waals surface area contributed by atoms with Crippen molar-refractivity contribution in [1.29, 1.82) is 0 Å². The second-order valence-corrected chi connectivity index (χ2v) is 25.3. The van der Waals surface area contributed by atoms with E-state index in [1.807, 2.05) is 6.08 Å². The molecule has 2 aliphatic rings. The van der Waals surface area contributed by atoms with Crippen molar-refractivity contribution in [2.24, 2.45) is 0 Å². The Kier molecular flexibility index (Phi) is 56.5. The second kappa shape index (κ2) is 61.7. The minimum Gasteiger partial charge on any atom is -0.394 e. The molecule has 12 atom stereocenters. The van der Waals surface area contributed by atoms with E-state index in [0.29, 0.717) is 12.8 Å². The molecule has 0 aromatic rings.